The second-order valence-electron chi connectivity index (χ2n) is 4.56. The van der Waals surface area contributed by atoms with Gasteiger partial charge in [-0.05, 0) is 31.5 Å². The van der Waals surface area contributed by atoms with Gasteiger partial charge in [0.25, 0.3) is 5.69 Å². The average Bonchev–Trinajstić information content (AvgIpc) is 2.31. The number of hydrogen-bond donors (Lipinski definition) is 1. The van der Waals surface area contributed by atoms with Crippen LogP contribution in [0.3, 0.4) is 0 Å². The Morgan fingerprint density at radius 1 is 1.56 bits per heavy atom. The van der Waals surface area contributed by atoms with Crippen LogP contribution in [0.5, 0.6) is 0 Å². The number of likely N-dealkylation sites (tertiary alicyclic amines) is 1. The van der Waals surface area contributed by atoms with Crippen LogP contribution in [0.2, 0.25) is 0 Å². The van der Waals surface area contributed by atoms with Gasteiger partial charge in [0.1, 0.15) is 0 Å². The van der Waals surface area contributed by atoms with E-state index in [-0.39, 0.29) is 16.7 Å². The lowest BCUT2D eigenvalue weighted by molar-refractivity contribution is -0.385. The lowest BCUT2D eigenvalue weighted by Crippen LogP contribution is -2.37. The molecule has 1 aliphatic heterocycles. The fourth-order valence-electron chi connectivity index (χ4n) is 2.26. The van der Waals surface area contributed by atoms with Gasteiger partial charge in [0.05, 0.1) is 11.0 Å². The quantitative estimate of drug-likeness (QED) is 0.686. The SMILES string of the molecule is O=[N+]([O-])c1cc(Br)ccc1CN1CCCC(O)C1. The van der Waals surface area contributed by atoms with Gasteiger partial charge < -0.3 is 5.11 Å². The zero-order valence-electron chi connectivity index (χ0n) is 9.88. The molecule has 1 atom stereocenters. The van der Waals surface area contributed by atoms with E-state index in [1.165, 1.54) is 6.07 Å². The third kappa shape index (κ3) is 3.28. The lowest BCUT2D eigenvalue weighted by Gasteiger charge is -2.29. The Hall–Kier alpha value is -0.980. The van der Waals surface area contributed by atoms with Crippen molar-refractivity contribution >= 4 is 21.6 Å². The van der Waals surface area contributed by atoms with E-state index in [1.54, 1.807) is 6.07 Å². The molecule has 1 aliphatic rings. The molecular formula is C12H15BrN2O3. The van der Waals surface area contributed by atoms with Gasteiger partial charge in [-0.3, -0.25) is 15.0 Å². The highest BCUT2D eigenvalue weighted by Crippen LogP contribution is 2.25. The molecule has 1 saturated heterocycles. The third-order valence-corrected chi connectivity index (χ3v) is 3.61. The molecule has 0 bridgehead atoms. The molecule has 6 heteroatoms. The molecule has 1 aromatic carbocycles. The maximum absolute atomic E-state index is 11.0. The van der Waals surface area contributed by atoms with Crippen molar-refractivity contribution in [1.82, 2.24) is 4.90 Å². The minimum atomic E-state index is -0.361. The Morgan fingerprint density at radius 2 is 2.33 bits per heavy atom. The van der Waals surface area contributed by atoms with Gasteiger partial charge in [-0.15, -0.1) is 0 Å². The number of halogens is 1. The van der Waals surface area contributed by atoms with Gasteiger partial charge in [0.2, 0.25) is 0 Å². The van der Waals surface area contributed by atoms with Crippen molar-refractivity contribution < 1.29 is 10.0 Å². The highest BCUT2D eigenvalue weighted by atomic mass is 79.9. The second kappa shape index (κ2) is 5.77. The third-order valence-electron chi connectivity index (χ3n) is 3.12. The molecule has 0 spiro atoms. The number of benzene rings is 1. The van der Waals surface area contributed by atoms with Gasteiger partial charge in [0, 0.05) is 29.2 Å². The average molecular weight is 315 g/mol. The van der Waals surface area contributed by atoms with Crippen LogP contribution in [0.15, 0.2) is 22.7 Å². The molecule has 0 radical (unpaired) electrons. The number of piperidine rings is 1. The van der Waals surface area contributed by atoms with Crippen molar-refractivity contribution in [3.63, 3.8) is 0 Å². The zero-order valence-corrected chi connectivity index (χ0v) is 11.5. The summed E-state index contributed by atoms with van der Waals surface area (Å²) in [6, 6.07) is 5.10. The number of aliphatic hydroxyl groups is 1. The summed E-state index contributed by atoms with van der Waals surface area (Å²) < 4.78 is 0.705. The fraction of sp³-hybridized carbons (Fsp3) is 0.500. The fourth-order valence-corrected chi connectivity index (χ4v) is 2.61. The van der Waals surface area contributed by atoms with Gasteiger partial charge in [-0.25, -0.2) is 0 Å². The Balaban J connectivity index is 2.15. The predicted octanol–water partition coefficient (Wildman–Crippen LogP) is 2.31. The van der Waals surface area contributed by atoms with Crippen LogP contribution in [-0.4, -0.2) is 34.1 Å². The van der Waals surface area contributed by atoms with Gasteiger partial charge in [0.15, 0.2) is 0 Å². The van der Waals surface area contributed by atoms with Crippen molar-refractivity contribution in [2.24, 2.45) is 0 Å². The summed E-state index contributed by atoms with van der Waals surface area (Å²) >= 11 is 3.24. The Bertz CT molecular complexity index is 453. The molecule has 98 valence electrons. The van der Waals surface area contributed by atoms with Crippen LogP contribution >= 0.6 is 15.9 Å². The maximum atomic E-state index is 11.0. The topological polar surface area (TPSA) is 66.6 Å². The van der Waals surface area contributed by atoms with Crippen molar-refractivity contribution in [3.05, 3.63) is 38.3 Å². The molecule has 1 heterocycles. The Morgan fingerprint density at radius 3 is 3.00 bits per heavy atom. The van der Waals surface area contributed by atoms with E-state index in [1.807, 2.05) is 6.07 Å². The molecule has 0 saturated carbocycles. The normalized spacial score (nSPS) is 20.9. The zero-order chi connectivity index (χ0) is 13.1. The van der Waals surface area contributed by atoms with Gasteiger partial charge in [-0.2, -0.15) is 0 Å². The smallest absolute Gasteiger partial charge is 0.275 e. The monoisotopic (exact) mass is 314 g/mol. The highest BCUT2D eigenvalue weighted by molar-refractivity contribution is 9.10. The number of aliphatic hydroxyl groups excluding tert-OH is 1. The molecule has 5 nitrogen and oxygen atoms in total. The Kier molecular flexibility index (Phi) is 4.31. The summed E-state index contributed by atoms with van der Waals surface area (Å²) in [6.45, 7) is 1.98. The number of nitrogens with zero attached hydrogens (tertiary/aromatic N) is 2. The van der Waals surface area contributed by atoms with E-state index in [0.717, 1.165) is 19.4 Å². The van der Waals surface area contributed by atoms with Crippen molar-refractivity contribution in [2.75, 3.05) is 13.1 Å². The summed E-state index contributed by atoms with van der Waals surface area (Å²) in [7, 11) is 0. The van der Waals surface area contributed by atoms with Crippen LogP contribution in [-0.2, 0) is 6.54 Å². The molecule has 1 fully saturated rings. The highest BCUT2D eigenvalue weighted by Gasteiger charge is 2.21. The first kappa shape index (κ1) is 13.5. The van der Waals surface area contributed by atoms with Crippen molar-refractivity contribution in [2.45, 2.75) is 25.5 Å². The molecule has 1 aromatic rings. The van der Waals surface area contributed by atoms with Gasteiger partial charge >= 0.3 is 0 Å². The molecular weight excluding hydrogens is 300 g/mol. The number of β-amino-alcohol motifs (C(OH)–C–C–N with tert-alkyl or cyclic N) is 1. The predicted molar refractivity (Wildman–Crippen MR) is 71.3 cm³/mol. The first-order valence-electron chi connectivity index (χ1n) is 5.89. The molecule has 0 aliphatic carbocycles. The summed E-state index contributed by atoms with van der Waals surface area (Å²) in [5.74, 6) is 0. The van der Waals surface area contributed by atoms with Crippen LogP contribution in [0.25, 0.3) is 0 Å². The van der Waals surface area contributed by atoms with Gasteiger partial charge in [-0.1, -0.05) is 15.9 Å². The number of nitro groups is 1. The van der Waals surface area contributed by atoms with E-state index >= 15 is 0 Å². The number of rotatable bonds is 3. The second-order valence-corrected chi connectivity index (χ2v) is 5.48. The van der Waals surface area contributed by atoms with E-state index in [2.05, 4.69) is 20.8 Å². The maximum Gasteiger partial charge on any atom is 0.275 e. The number of nitro benzene ring substituents is 1. The molecule has 1 N–H and O–H groups in total. The van der Waals surface area contributed by atoms with E-state index in [0.29, 0.717) is 23.1 Å². The minimum Gasteiger partial charge on any atom is -0.392 e. The summed E-state index contributed by atoms with van der Waals surface area (Å²) in [5, 5.41) is 20.6. The first-order chi connectivity index (χ1) is 8.56. The summed E-state index contributed by atoms with van der Waals surface area (Å²) in [6.07, 6.45) is 1.44. The summed E-state index contributed by atoms with van der Waals surface area (Å²) in [5.41, 5.74) is 0.821. The lowest BCUT2D eigenvalue weighted by atomic mass is 10.1. The molecule has 0 amide bonds. The number of hydrogen-bond acceptors (Lipinski definition) is 4. The van der Waals surface area contributed by atoms with E-state index in [9.17, 15) is 15.2 Å². The van der Waals surface area contributed by atoms with E-state index in [4.69, 9.17) is 0 Å². The van der Waals surface area contributed by atoms with Crippen LogP contribution < -0.4 is 0 Å². The van der Waals surface area contributed by atoms with Crippen LogP contribution in [0, 0.1) is 10.1 Å². The largest absolute Gasteiger partial charge is 0.392 e. The van der Waals surface area contributed by atoms with E-state index < -0.39 is 0 Å². The summed E-state index contributed by atoms with van der Waals surface area (Å²) in [4.78, 5) is 12.7. The first-order valence-corrected chi connectivity index (χ1v) is 6.69. The minimum absolute atomic E-state index is 0.129. The molecule has 18 heavy (non-hydrogen) atoms. The molecule has 0 aromatic heterocycles. The Labute approximate surface area is 114 Å². The van der Waals surface area contributed by atoms with Crippen LogP contribution in [0.4, 0.5) is 5.69 Å². The standard InChI is InChI=1S/C12H15BrN2O3/c13-10-4-3-9(12(6-10)15(17)18)7-14-5-1-2-11(16)8-14/h3-4,6,11,16H,1-2,5,7-8H2. The molecule has 1 unspecified atom stereocenters. The van der Waals surface area contributed by atoms with Crippen molar-refractivity contribution in [3.8, 4) is 0 Å². The molecule has 2 rings (SSSR count). The van der Waals surface area contributed by atoms with Crippen LogP contribution in [0.1, 0.15) is 18.4 Å². The van der Waals surface area contributed by atoms with Crippen molar-refractivity contribution in [1.29, 1.82) is 0 Å².